The Morgan fingerprint density at radius 3 is 2.78 bits per heavy atom. The summed E-state index contributed by atoms with van der Waals surface area (Å²) in [7, 11) is 3.61. The van der Waals surface area contributed by atoms with Crippen LogP contribution in [0.4, 0.5) is 0 Å². The van der Waals surface area contributed by atoms with Crippen molar-refractivity contribution in [2.24, 2.45) is 0 Å². The van der Waals surface area contributed by atoms with Crippen LogP contribution < -0.4 is 0 Å². The van der Waals surface area contributed by atoms with Gasteiger partial charge in [-0.1, -0.05) is 0 Å². The van der Waals surface area contributed by atoms with Gasteiger partial charge < -0.3 is 9.32 Å². The van der Waals surface area contributed by atoms with Crippen LogP contribution in [-0.2, 0) is 11.3 Å². The molecular weight excluding hydrogens is 230 g/mol. The molecule has 0 unspecified atom stereocenters. The van der Waals surface area contributed by atoms with Gasteiger partial charge in [-0.2, -0.15) is 5.26 Å². The van der Waals surface area contributed by atoms with E-state index in [1.54, 1.807) is 18.2 Å². The molecule has 18 heavy (non-hydrogen) atoms. The zero-order valence-corrected chi connectivity index (χ0v) is 11.1. The quantitative estimate of drug-likeness (QED) is 0.764. The van der Waals surface area contributed by atoms with Crippen molar-refractivity contribution in [3.63, 3.8) is 0 Å². The highest BCUT2D eigenvalue weighted by Gasteiger charge is 2.12. The molecule has 0 bridgehead atoms. The summed E-state index contributed by atoms with van der Waals surface area (Å²) in [4.78, 5) is 15.3. The van der Waals surface area contributed by atoms with E-state index in [1.807, 2.05) is 31.0 Å². The normalized spacial score (nSPS) is 10.4. The molecule has 1 aromatic rings. The van der Waals surface area contributed by atoms with Crippen LogP contribution in [0.2, 0.25) is 0 Å². The van der Waals surface area contributed by atoms with Crippen LogP contribution in [0.3, 0.4) is 0 Å². The van der Waals surface area contributed by atoms with Gasteiger partial charge >= 0.3 is 0 Å². The summed E-state index contributed by atoms with van der Waals surface area (Å²) < 4.78 is 5.21. The molecular formula is C13H19N3O2. The average molecular weight is 249 g/mol. The minimum Gasteiger partial charge on any atom is -0.469 e. The first-order valence-corrected chi connectivity index (χ1v) is 5.87. The van der Waals surface area contributed by atoms with E-state index in [-0.39, 0.29) is 5.91 Å². The second kappa shape index (κ2) is 6.82. The van der Waals surface area contributed by atoms with Crippen molar-refractivity contribution in [3.05, 3.63) is 23.7 Å². The standard InChI is InChI=1S/C13H19N3O2/c1-11-12(5-8-18-11)9-15(2)10-13(17)16(3)7-4-6-14/h5,8H,4,7,9-10H2,1-3H3. The van der Waals surface area contributed by atoms with Crippen molar-refractivity contribution in [2.75, 3.05) is 27.2 Å². The minimum atomic E-state index is 0.0221. The Morgan fingerprint density at radius 2 is 2.22 bits per heavy atom. The van der Waals surface area contributed by atoms with Gasteiger partial charge in [0.1, 0.15) is 5.76 Å². The summed E-state index contributed by atoms with van der Waals surface area (Å²) in [5.74, 6) is 0.904. The third kappa shape index (κ3) is 4.22. The van der Waals surface area contributed by atoms with Crippen LogP contribution in [0.1, 0.15) is 17.7 Å². The number of carbonyl (C=O) groups is 1. The summed E-state index contributed by atoms with van der Waals surface area (Å²) >= 11 is 0. The van der Waals surface area contributed by atoms with Crippen LogP contribution in [0, 0.1) is 18.3 Å². The fourth-order valence-electron chi connectivity index (χ4n) is 1.62. The smallest absolute Gasteiger partial charge is 0.236 e. The molecule has 1 aromatic heterocycles. The lowest BCUT2D eigenvalue weighted by Gasteiger charge is -2.20. The van der Waals surface area contributed by atoms with Crippen molar-refractivity contribution < 1.29 is 9.21 Å². The van der Waals surface area contributed by atoms with Gasteiger partial charge in [0.25, 0.3) is 0 Å². The molecule has 0 saturated carbocycles. The number of hydrogen-bond acceptors (Lipinski definition) is 4. The first-order valence-electron chi connectivity index (χ1n) is 5.87. The summed E-state index contributed by atoms with van der Waals surface area (Å²) in [6.45, 7) is 3.41. The molecule has 0 fully saturated rings. The van der Waals surface area contributed by atoms with Gasteiger partial charge in [-0.05, 0) is 20.0 Å². The predicted octanol–water partition coefficient (Wildman–Crippen LogP) is 1.39. The zero-order chi connectivity index (χ0) is 13.5. The second-order valence-corrected chi connectivity index (χ2v) is 4.40. The lowest BCUT2D eigenvalue weighted by Crippen LogP contribution is -2.36. The number of rotatable bonds is 6. The first kappa shape index (κ1) is 14.3. The van der Waals surface area contributed by atoms with Crippen molar-refractivity contribution in [1.82, 2.24) is 9.80 Å². The van der Waals surface area contributed by atoms with Crippen LogP contribution in [-0.4, -0.2) is 42.9 Å². The van der Waals surface area contributed by atoms with E-state index in [0.717, 1.165) is 11.3 Å². The molecule has 0 aliphatic rings. The Bertz CT molecular complexity index is 434. The van der Waals surface area contributed by atoms with Crippen molar-refractivity contribution >= 4 is 5.91 Å². The molecule has 0 saturated heterocycles. The van der Waals surface area contributed by atoms with E-state index in [2.05, 4.69) is 0 Å². The molecule has 1 amide bonds. The van der Waals surface area contributed by atoms with Crippen LogP contribution in [0.25, 0.3) is 0 Å². The number of amides is 1. The largest absolute Gasteiger partial charge is 0.469 e. The van der Waals surface area contributed by atoms with E-state index in [9.17, 15) is 4.79 Å². The third-order valence-corrected chi connectivity index (χ3v) is 2.80. The van der Waals surface area contributed by atoms with Gasteiger partial charge in [0.05, 0.1) is 25.3 Å². The molecule has 98 valence electrons. The number of nitrogens with zero attached hydrogens (tertiary/aromatic N) is 3. The lowest BCUT2D eigenvalue weighted by atomic mass is 10.2. The molecule has 5 nitrogen and oxygen atoms in total. The monoisotopic (exact) mass is 249 g/mol. The summed E-state index contributed by atoms with van der Waals surface area (Å²) in [6.07, 6.45) is 2.02. The molecule has 0 N–H and O–H groups in total. The maximum absolute atomic E-state index is 11.8. The van der Waals surface area contributed by atoms with E-state index in [4.69, 9.17) is 9.68 Å². The topological polar surface area (TPSA) is 60.5 Å². The van der Waals surface area contributed by atoms with Gasteiger partial charge in [-0.15, -0.1) is 0 Å². The van der Waals surface area contributed by atoms with Crippen molar-refractivity contribution in [3.8, 4) is 6.07 Å². The molecule has 0 atom stereocenters. The van der Waals surface area contributed by atoms with E-state index in [0.29, 0.717) is 26.1 Å². The second-order valence-electron chi connectivity index (χ2n) is 4.40. The van der Waals surface area contributed by atoms with Gasteiger partial charge in [0.2, 0.25) is 5.91 Å². The van der Waals surface area contributed by atoms with Crippen LogP contribution in [0.5, 0.6) is 0 Å². The molecule has 0 aromatic carbocycles. The van der Waals surface area contributed by atoms with Gasteiger partial charge in [0.15, 0.2) is 0 Å². The number of carbonyl (C=O) groups excluding carboxylic acids is 1. The number of aryl methyl sites for hydroxylation is 1. The molecule has 1 rings (SSSR count). The Balaban J connectivity index is 2.40. The van der Waals surface area contributed by atoms with E-state index < -0.39 is 0 Å². The van der Waals surface area contributed by atoms with Crippen molar-refractivity contribution in [1.29, 1.82) is 5.26 Å². The van der Waals surface area contributed by atoms with Gasteiger partial charge in [-0.3, -0.25) is 9.69 Å². The predicted molar refractivity (Wildman–Crippen MR) is 67.6 cm³/mol. The number of nitriles is 1. The Kier molecular flexibility index (Phi) is 5.40. The number of furan rings is 1. The zero-order valence-electron chi connectivity index (χ0n) is 11.1. The third-order valence-electron chi connectivity index (χ3n) is 2.80. The Labute approximate surface area is 108 Å². The maximum atomic E-state index is 11.8. The molecule has 1 heterocycles. The molecule has 5 heteroatoms. The maximum Gasteiger partial charge on any atom is 0.236 e. The highest BCUT2D eigenvalue weighted by Crippen LogP contribution is 2.10. The number of likely N-dealkylation sites (N-methyl/N-ethyl adjacent to an activating group) is 2. The molecule has 0 spiro atoms. The summed E-state index contributed by atoms with van der Waals surface area (Å²) in [5.41, 5.74) is 1.09. The minimum absolute atomic E-state index is 0.0221. The lowest BCUT2D eigenvalue weighted by molar-refractivity contribution is -0.130. The van der Waals surface area contributed by atoms with Gasteiger partial charge in [0, 0.05) is 25.7 Å². The van der Waals surface area contributed by atoms with Crippen molar-refractivity contribution in [2.45, 2.75) is 19.9 Å². The Morgan fingerprint density at radius 1 is 1.50 bits per heavy atom. The first-order chi connectivity index (χ1) is 8.54. The molecule has 0 radical (unpaired) electrons. The highest BCUT2D eigenvalue weighted by atomic mass is 16.3. The fraction of sp³-hybridized carbons (Fsp3) is 0.538. The number of hydrogen-bond donors (Lipinski definition) is 0. The summed E-state index contributed by atoms with van der Waals surface area (Å²) in [5, 5.41) is 8.47. The summed E-state index contributed by atoms with van der Waals surface area (Å²) in [6, 6.07) is 3.94. The fourth-order valence-corrected chi connectivity index (χ4v) is 1.62. The van der Waals surface area contributed by atoms with Crippen LogP contribution >= 0.6 is 0 Å². The van der Waals surface area contributed by atoms with E-state index >= 15 is 0 Å². The SMILES string of the molecule is Cc1occc1CN(C)CC(=O)N(C)CCC#N. The van der Waals surface area contributed by atoms with E-state index in [1.165, 1.54) is 0 Å². The van der Waals surface area contributed by atoms with Gasteiger partial charge in [-0.25, -0.2) is 0 Å². The Hall–Kier alpha value is -1.80. The average Bonchev–Trinajstić information content (AvgIpc) is 2.71. The highest BCUT2D eigenvalue weighted by molar-refractivity contribution is 5.77. The molecule has 0 aliphatic heterocycles. The van der Waals surface area contributed by atoms with Crippen LogP contribution in [0.15, 0.2) is 16.7 Å². The molecule has 0 aliphatic carbocycles.